The van der Waals surface area contributed by atoms with Gasteiger partial charge in [-0.3, -0.25) is 0 Å². The molecule has 0 spiro atoms. The molecule has 136 valence electrons. The normalized spacial score (nSPS) is 16.2. The van der Waals surface area contributed by atoms with E-state index in [2.05, 4.69) is 4.72 Å². The molecule has 2 rings (SSSR count). The molecule has 0 fully saturated rings. The number of nitrogens with one attached hydrogen (secondary N) is 1. The number of hydrogen-bond acceptors (Lipinski definition) is 3. The first-order valence-electron chi connectivity index (χ1n) is 7.80. The van der Waals surface area contributed by atoms with E-state index >= 15 is 4.39 Å². The van der Waals surface area contributed by atoms with Crippen LogP contribution in [-0.2, 0) is 20.8 Å². The van der Waals surface area contributed by atoms with Gasteiger partial charge in [-0.05, 0) is 38.5 Å². The van der Waals surface area contributed by atoms with Crippen LogP contribution >= 0.6 is 0 Å². The van der Waals surface area contributed by atoms with Gasteiger partial charge in [0.15, 0.2) is 0 Å². The zero-order chi connectivity index (χ0) is 18.7. The van der Waals surface area contributed by atoms with E-state index in [0.29, 0.717) is 5.56 Å². The highest BCUT2D eigenvalue weighted by molar-refractivity contribution is 7.92. The SMILES string of the molecule is CC(C)(C)[S@@](=O)N[C@@H](c1ccccc1)[C@@H](F)S(=O)(=O)c1ccccc1. The summed E-state index contributed by atoms with van der Waals surface area (Å²) in [5, 5.41) is 0. The number of sulfone groups is 1. The quantitative estimate of drug-likeness (QED) is 0.830. The fourth-order valence-electron chi connectivity index (χ4n) is 2.14. The van der Waals surface area contributed by atoms with Gasteiger partial charge in [0, 0.05) is 0 Å². The summed E-state index contributed by atoms with van der Waals surface area (Å²) in [5.74, 6) is 0. The summed E-state index contributed by atoms with van der Waals surface area (Å²) < 4.78 is 55.0. The van der Waals surface area contributed by atoms with Crippen molar-refractivity contribution in [2.24, 2.45) is 0 Å². The van der Waals surface area contributed by atoms with Crippen LogP contribution in [0.3, 0.4) is 0 Å². The third-order valence-corrected chi connectivity index (χ3v) is 6.95. The van der Waals surface area contributed by atoms with E-state index in [1.807, 2.05) is 0 Å². The third-order valence-electron chi connectivity index (χ3n) is 3.58. The van der Waals surface area contributed by atoms with Crippen LogP contribution in [0.25, 0.3) is 0 Å². The van der Waals surface area contributed by atoms with Gasteiger partial charge in [-0.1, -0.05) is 48.5 Å². The topological polar surface area (TPSA) is 63.2 Å². The second-order valence-electron chi connectivity index (χ2n) is 6.60. The molecule has 0 saturated carbocycles. The van der Waals surface area contributed by atoms with Crippen molar-refractivity contribution in [1.29, 1.82) is 0 Å². The van der Waals surface area contributed by atoms with Crippen LogP contribution in [-0.4, -0.2) is 22.9 Å². The predicted molar refractivity (Wildman–Crippen MR) is 98.7 cm³/mol. The molecule has 25 heavy (non-hydrogen) atoms. The van der Waals surface area contributed by atoms with E-state index in [4.69, 9.17) is 0 Å². The minimum absolute atomic E-state index is 0.105. The zero-order valence-corrected chi connectivity index (χ0v) is 16.0. The van der Waals surface area contributed by atoms with Crippen molar-refractivity contribution in [2.75, 3.05) is 0 Å². The summed E-state index contributed by atoms with van der Waals surface area (Å²) in [6.07, 6.45) is 0. The molecule has 0 unspecified atom stereocenters. The second-order valence-corrected chi connectivity index (χ2v) is 10.6. The Labute approximate surface area is 151 Å². The minimum atomic E-state index is -4.24. The summed E-state index contributed by atoms with van der Waals surface area (Å²) in [5.41, 5.74) is -1.85. The van der Waals surface area contributed by atoms with Crippen molar-refractivity contribution in [3.8, 4) is 0 Å². The zero-order valence-electron chi connectivity index (χ0n) is 14.3. The van der Waals surface area contributed by atoms with E-state index in [1.54, 1.807) is 57.2 Å². The van der Waals surface area contributed by atoms with Crippen molar-refractivity contribution in [2.45, 2.75) is 42.0 Å². The van der Waals surface area contributed by atoms with Crippen molar-refractivity contribution in [3.63, 3.8) is 0 Å². The van der Waals surface area contributed by atoms with Gasteiger partial charge in [0.25, 0.3) is 0 Å². The number of rotatable bonds is 6. The Hall–Kier alpha value is -1.57. The molecule has 0 aliphatic carbocycles. The Morgan fingerprint density at radius 1 is 0.960 bits per heavy atom. The molecular weight excluding hydrogens is 361 g/mol. The highest BCUT2D eigenvalue weighted by Crippen LogP contribution is 2.29. The smallest absolute Gasteiger partial charge is 0.225 e. The van der Waals surface area contributed by atoms with Gasteiger partial charge in [-0.25, -0.2) is 21.7 Å². The van der Waals surface area contributed by atoms with Gasteiger partial charge in [0.2, 0.25) is 15.3 Å². The minimum Gasteiger partial charge on any atom is -0.242 e. The molecule has 3 atom stereocenters. The number of benzene rings is 2. The molecule has 4 nitrogen and oxygen atoms in total. The Balaban J connectivity index is 2.43. The lowest BCUT2D eigenvalue weighted by Gasteiger charge is -2.26. The maximum atomic E-state index is 15.2. The first-order valence-corrected chi connectivity index (χ1v) is 10.5. The highest BCUT2D eigenvalue weighted by atomic mass is 32.2. The largest absolute Gasteiger partial charge is 0.242 e. The standard InChI is InChI=1S/C18H22FNO3S2/c1-18(2,3)24(21)20-16(14-10-6-4-7-11-14)17(19)25(22,23)15-12-8-5-9-13-15/h4-13,16-17,20H,1-3H3/t16-,17-,24+/m0/s1. The van der Waals surface area contributed by atoms with Gasteiger partial charge in [-0.2, -0.15) is 0 Å². The van der Waals surface area contributed by atoms with Gasteiger partial charge < -0.3 is 0 Å². The van der Waals surface area contributed by atoms with Gasteiger partial charge in [-0.15, -0.1) is 0 Å². The molecule has 0 aliphatic rings. The summed E-state index contributed by atoms with van der Waals surface area (Å²) >= 11 is 0. The molecule has 2 aromatic rings. The maximum absolute atomic E-state index is 15.2. The van der Waals surface area contributed by atoms with Crippen LogP contribution in [0.2, 0.25) is 0 Å². The maximum Gasteiger partial charge on any atom is 0.225 e. The molecule has 0 aliphatic heterocycles. The summed E-state index contributed by atoms with van der Waals surface area (Å²) in [6.45, 7) is 5.20. The average Bonchev–Trinajstić information content (AvgIpc) is 2.59. The molecule has 0 amide bonds. The lowest BCUT2D eigenvalue weighted by atomic mass is 10.1. The number of alkyl halides is 1. The lowest BCUT2D eigenvalue weighted by molar-refractivity contribution is 0.354. The van der Waals surface area contributed by atoms with E-state index in [1.165, 1.54) is 24.3 Å². The molecule has 0 saturated heterocycles. The van der Waals surface area contributed by atoms with Crippen LogP contribution in [0.5, 0.6) is 0 Å². The second kappa shape index (κ2) is 7.76. The molecular formula is C18H22FNO3S2. The first kappa shape index (κ1) is 19.8. The van der Waals surface area contributed by atoms with Crippen molar-refractivity contribution in [1.82, 2.24) is 4.72 Å². The summed E-state index contributed by atoms with van der Waals surface area (Å²) in [6, 6.07) is 14.6. The third kappa shape index (κ3) is 4.74. The highest BCUT2D eigenvalue weighted by Gasteiger charge is 2.38. The molecule has 7 heteroatoms. The average molecular weight is 384 g/mol. The summed E-state index contributed by atoms with van der Waals surface area (Å²) in [7, 11) is -5.88. The van der Waals surface area contributed by atoms with Crippen LogP contribution < -0.4 is 4.72 Å². The molecule has 0 aromatic heterocycles. The van der Waals surface area contributed by atoms with Gasteiger partial charge in [0.05, 0.1) is 26.7 Å². The van der Waals surface area contributed by atoms with E-state index in [-0.39, 0.29) is 4.90 Å². The molecule has 2 aromatic carbocycles. The van der Waals surface area contributed by atoms with Crippen molar-refractivity contribution < 1.29 is 17.0 Å². The van der Waals surface area contributed by atoms with Gasteiger partial charge in [0.1, 0.15) is 0 Å². The fourth-order valence-corrected chi connectivity index (χ4v) is 4.45. The predicted octanol–water partition coefficient (Wildman–Crippen LogP) is 3.55. The van der Waals surface area contributed by atoms with E-state index in [0.717, 1.165) is 0 Å². The number of hydrogen-bond donors (Lipinski definition) is 1. The van der Waals surface area contributed by atoms with Crippen LogP contribution in [0.1, 0.15) is 32.4 Å². The summed E-state index contributed by atoms with van der Waals surface area (Å²) in [4.78, 5) is -0.105. The Bertz CT molecular complexity index is 818. The molecule has 1 N–H and O–H groups in total. The van der Waals surface area contributed by atoms with Crippen LogP contribution in [0, 0.1) is 0 Å². The monoisotopic (exact) mass is 383 g/mol. The lowest BCUT2D eigenvalue weighted by Crippen LogP contribution is -2.41. The molecule has 0 heterocycles. The molecule has 0 bridgehead atoms. The van der Waals surface area contributed by atoms with Gasteiger partial charge >= 0.3 is 0 Å². The molecule has 0 radical (unpaired) electrons. The van der Waals surface area contributed by atoms with E-state index in [9.17, 15) is 12.6 Å². The van der Waals surface area contributed by atoms with Crippen LogP contribution in [0.15, 0.2) is 65.6 Å². The van der Waals surface area contributed by atoms with E-state index < -0.39 is 37.1 Å². The first-order chi connectivity index (χ1) is 11.6. The number of halogens is 1. The Morgan fingerprint density at radius 3 is 1.92 bits per heavy atom. The van der Waals surface area contributed by atoms with Crippen LogP contribution in [0.4, 0.5) is 4.39 Å². The Morgan fingerprint density at radius 2 is 1.44 bits per heavy atom. The van der Waals surface area contributed by atoms with Crippen molar-refractivity contribution >= 4 is 20.8 Å². The van der Waals surface area contributed by atoms with Crippen molar-refractivity contribution in [3.05, 3.63) is 66.2 Å². The fraction of sp³-hybridized carbons (Fsp3) is 0.333. The Kier molecular flexibility index (Phi) is 6.13.